The first-order valence-electron chi connectivity index (χ1n) is 6.25. The first-order valence-corrected chi connectivity index (χ1v) is 7.05. The smallest absolute Gasteiger partial charge is 0.314 e. The summed E-state index contributed by atoms with van der Waals surface area (Å²) < 4.78 is 5.99. The van der Waals surface area contributed by atoms with Crippen LogP contribution in [0.3, 0.4) is 0 Å². The van der Waals surface area contributed by atoms with Gasteiger partial charge in [-0.15, -0.1) is 0 Å². The first-order chi connectivity index (χ1) is 8.99. The second-order valence-electron chi connectivity index (χ2n) is 5.04. The molecule has 1 aromatic carbocycles. The Bertz CT molecular complexity index is 482. The van der Waals surface area contributed by atoms with Crippen molar-refractivity contribution < 1.29 is 14.6 Å². The van der Waals surface area contributed by atoms with Crippen molar-refractivity contribution in [2.45, 2.75) is 18.3 Å². The van der Waals surface area contributed by atoms with Gasteiger partial charge in [-0.3, -0.25) is 4.79 Å². The van der Waals surface area contributed by atoms with Gasteiger partial charge in [-0.25, -0.2) is 0 Å². The highest BCUT2D eigenvalue weighted by Gasteiger charge is 2.42. The van der Waals surface area contributed by atoms with E-state index in [1.165, 1.54) is 0 Å². The molecule has 1 aromatic rings. The number of piperidine rings is 1. The molecule has 1 saturated heterocycles. The summed E-state index contributed by atoms with van der Waals surface area (Å²) in [5, 5.41) is 9.68. The molecule has 1 N–H and O–H groups in total. The Morgan fingerprint density at radius 1 is 1.42 bits per heavy atom. The molecule has 4 nitrogen and oxygen atoms in total. The summed E-state index contributed by atoms with van der Waals surface area (Å²) in [6, 6.07) is 5.56. The third-order valence-corrected chi connectivity index (χ3v) is 4.57. The van der Waals surface area contributed by atoms with Gasteiger partial charge in [0.2, 0.25) is 0 Å². The van der Waals surface area contributed by atoms with Crippen molar-refractivity contribution in [1.82, 2.24) is 4.90 Å². The molecule has 0 aliphatic carbocycles. The number of ether oxygens (including phenoxy) is 1. The highest BCUT2D eigenvalue weighted by molar-refractivity contribution is 9.10. The van der Waals surface area contributed by atoms with Gasteiger partial charge in [-0.05, 0) is 66.6 Å². The zero-order chi connectivity index (χ0) is 14.0. The molecule has 19 heavy (non-hydrogen) atoms. The monoisotopic (exact) mass is 327 g/mol. The van der Waals surface area contributed by atoms with E-state index in [1.807, 2.05) is 25.2 Å². The third-order valence-electron chi connectivity index (χ3n) is 3.95. The summed E-state index contributed by atoms with van der Waals surface area (Å²) in [6.07, 6.45) is 1.27. The van der Waals surface area contributed by atoms with E-state index in [4.69, 9.17) is 4.74 Å². The number of aliphatic carboxylic acids is 1. The number of halogens is 1. The van der Waals surface area contributed by atoms with Crippen LogP contribution in [-0.4, -0.2) is 43.2 Å². The number of hydrogen-bond acceptors (Lipinski definition) is 3. The second kappa shape index (κ2) is 5.51. The van der Waals surface area contributed by atoms with Crippen LogP contribution in [0.15, 0.2) is 22.7 Å². The van der Waals surface area contributed by atoms with E-state index in [0.717, 1.165) is 28.9 Å². The van der Waals surface area contributed by atoms with E-state index >= 15 is 0 Å². The van der Waals surface area contributed by atoms with Crippen molar-refractivity contribution in [3.05, 3.63) is 28.2 Å². The summed E-state index contributed by atoms with van der Waals surface area (Å²) in [4.78, 5) is 14.0. The van der Waals surface area contributed by atoms with Crippen LogP contribution >= 0.6 is 15.9 Å². The molecule has 0 bridgehead atoms. The van der Waals surface area contributed by atoms with E-state index in [-0.39, 0.29) is 0 Å². The molecule has 1 fully saturated rings. The molecule has 0 aromatic heterocycles. The Hall–Kier alpha value is -1.07. The molecule has 0 saturated carbocycles. The zero-order valence-electron chi connectivity index (χ0n) is 11.1. The van der Waals surface area contributed by atoms with E-state index in [1.54, 1.807) is 7.11 Å². The predicted molar refractivity (Wildman–Crippen MR) is 76.7 cm³/mol. The molecule has 0 radical (unpaired) electrons. The number of carboxylic acid groups (broad SMARTS) is 1. The Kier molecular flexibility index (Phi) is 4.16. The average Bonchev–Trinajstić information content (AvgIpc) is 2.39. The minimum Gasteiger partial charge on any atom is -0.496 e. The van der Waals surface area contributed by atoms with Gasteiger partial charge in [0.25, 0.3) is 0 Å². The summed E-state index contributed by atoms with van der Waals surface area (Å²) in [5.74, 6) is -0.0186. The fourth-order valence-electron chi connectivity index (χ4n) is 2.59. The lowest BCUT2D eigenvalue weighted by Gasteiger charge is -2.37. The lowest BCUT2D eigenvalue weighted by Crippen LogP contribution is -2.46. The van der Waals surface area contributed by atoms with Crippen molar-refractivity contribution >= 4 is 21.9 Å². The number of hydrogen-bond donors (Lipinski definition) is 1. The molecule has 5 heteroatoms. The van der Waals surface area contributed by atoms with Crippen molar-refractivity contribution in [2.75, 3.05) is 27.2 Å². The Morgan fingerprint density at radius 2 is 2.05 bits per heavy atom. The summed E-state index contributed by atoms with van der Waals surface area (Å²) in [7, 11) is 3.62. The predicted octanol–water partition coefficient (Wildman–Crippen LogP) is 2.51. The van der Waals surface area contributed by atoms with Gasteiger partial charge in [-0.1, -0.05) is 6.07 Å². The van der Waals surface area contributed by atoms with E-state index in [2.05, 4.69) is 20.8 Å². The van der Waals surface area contributed by atoms with Crippen molar-refractivity contribution in [1.29, 1.82) is 0 Å². The standard InChI is InChI=1S/C14H18BrNO3/c1-16-7-5-14(6-8-16,13(17)18)10-3-4-12(19-2)11(15)9-10/h3-4,9H,5-8H2,1-2H3,(H,17,18). The van der Waals surface area contributed by atoms with Crippen molar-refractivity contribution in [2.24, 2.45) is 0 Å². The van der Waals surface area contributed by atoms with Crippen molar-refractivity contribution in [3.8, 4) is 5.75 Å². The van der Waals surface area contributed by atoms with Crippen LogP contribution < -0.4 is 4.74 Å². The van der Waals surface area contributed by atoms with Crippen LogP contribution in [0, 0.1) is 0 Å². The molecule has 0 atom stereocenters. The van der Waals surface area contributed by atoms with E-state index < -0.39 is 11.4 Å². The number of nitrogens with zero attached hydrogens (tertiary/aromatic N) is 1. The number of carboxylic acids is 1. The highest BCUT2D eigenvalue weighted by atomic mass is 79.9. The number of likely N-dealkylation sites (tertiary alicyclic amines) is 1. The topological polar surface area (TPSA) is 49.8 Å². The average molecular weight is 328 g/mol. The maximum atomic E-state index is 11.8. The van der Waals surface area contributed by atoms with E-state index in [0.29, 0.717) is 12.8 Å². The maximum absolute atomic E-state index is 11.8. The van der Waals surface area contributed by atoms with Crippen LogP contribution in [0.5, 0.6) is 5.75 Å². The van der Waals surface area contributed by atoms with Crippen LogP contribution in [-0.2, 0) is 10.2 Å². The second-order valence-corrected chi connectivity index (χ2v) is 5.89. The molecule has 0 spiro atoms. The van der Waals surface area contributed by atoms with Gasteiger partial charge in [-0.2, -0.15) is 0 Å². The molecular formula is C14H18BrNO3. The van der Waals surface area contributed by atoms with Gasteiger partial charge in [0.15, 0.2) is 0 Å². The minimum absolute atomic E-state index is 0.637. The first kappa shape index (κ1) is 14.3. The van der Waals surface area contributed by atoms with Gasteiger partial charge in [0, 0.05) is 0 Å². The molecule has 1 heterocycles. The number of carbonyl (C=O) groups is 1. The Balaban J connectivity index is 2.40. The van der Waals surface area contributed by atoms with E-state index in [9.17, 15) is 9.90 Å². The quantitative estimate of drug-likeness (QED) is 0.926. The van der Waals surface area contributed by atoms with Gasteiger partial charge in [0.05, 0.1) is 17.0 Å². The molecule has 0 unspecified atom stereocenters. The fourth-order valence-corrected chi connectivity index (χ4v) is 3.13. The van der Waals surface area contributed by atoms with Gasteiger partial charge in [0.1, 0.15) is 5.75 Å². The van der Waals surface area contributed by atoms with Crippen LogP contribution in [0.25, 0.3) is 0 Å². The summed E-state index contributed by atoms with van der Waals surface area (Å²) >= 11 is 3.43. The number of rotatable bonds is 3. The minimum atomic E-state index is -0.776. The molecule has 2 rings (SSSR count). The van der Waals surface area contributed by atoms with Crippen molar-refractivity contribution in [3.63, 3.8) is 0 Å². The molecule has 0 amide bonds. The Labute approximate surface area is 121 Å². The maximum Gasteiger partial charge on any atom is 0.314 e. The largest absolute Gasteiger partial charge is 0.496 e. The normalized spacial score (nSPS) is 19.1. The van der Waals surface area contributed by atoms with Crippen LogP contribution in [0.1, 0.15) is 18.4 Å². The Morgan fingerprint density at radius 3 is 2.53 bits per heavy atom. The SMILES string of the molecule is COc1ccc(C2(C(=O)O)CCN(C)CC2)cc1Br. The summed E-state index contributed by atoms with van der Waals surface area (Å²) in [5.41, 5.74) is 0.0715. The molecule has 1 aliphatic rings. The fraction of sp³-hybridized carbons (Fsp3) is 0.500. The number of methoxy groups -OCH3 is 1. The molecule has 1 aliphatic heterocycles. The lowest BCUT2D eigenvalue weighted by molar-refractivity contribution is -0.145. The third kappa shape index (κ3) is 2.62. The van der Waals surface area contributed by atoms with Crippen LogP contribution in [0.2, 0.25) is 0 Å². The molecular weight excluding hydrogens is 310 g/mol. The van der Waals surface area contributed by atoms with Crippen LogP contribution in [0.4, 0.5) is 0 Å². The van der Waals surface area contributed by atoms with Gasteiger partial charge >= 0.3 is 5.97 Å². The van der Waals surface area contributed by atoms with Gasteiger partial charge < -0.3 is 14.7 Å². The summed E-state index contributed by atoms with van der Waals surface area (Å²) in [6.45, 7) is 1.60. The zero-order valence-corrected chi connectivity index (χ0v) is 12.7. The lowest BCUT2D eigenvalue weighted by atomic mass is 9.73. The highest BCUT2D eigenvalue weighted by Crippen LogP contribution is 2.38. The molecule has 104 valence electrons. The number of benzene rings is 1.